The van der Waals surface area contributed by atoms with E-state index in [0.29, 0.717) is 24.8 Å². The molecule has 1 aromatic carbocycles. The second-order valence-corrected chi connectivity index (χ2v) is 8.21. The zero-order valence-corrected chi connectivity index (χ0v) is 14.7. The summed E-state index contributed by atoms with van der Waals surface area (Å²) in [6.07, 6.45) is 3.43. The van der Waals surface area contributed by atoms with Crippen molar-refractivity contribution in [1.82, 2.24) is 14.4 Å². The number of hydrogen-bond donors (Lipinski definition) is 0. The van der Waals surface area contributed by atoms with Gasteiger partial charge in [0.15, 0.2) is 5.82 Å². The van der Waals surface area contributed by atoms with Crippen LogP contribution in [-0.2, 0) is 22.2 Å². The van der Waals surface area contributed by atoms with Crippen molar-refractivity contribution in [2.75, 3.05) is 13.1 Å². The van der Waals surface area contributed by atoms with E-state index in [1.165, 1.54) is 0 Å². The van der Waals surface area contributed by atoms with Crippen LogP contribution in [0.2, 0.25) is 0 Å². The third kappa shape index (κ3) is 4.02. The van der Waals surface area contributed by atoms with Gasteiger partial charge in [0.2, 0.25) is 15.9 Å². The van der Waals surface area contributed by atoms with Crippen LogP contribution in [0.3, 0.4) is 0 Å². The lowest BCUT2D eigenvalue weighted by Crippen LogP contribution is -2.39. The summed E-state index contributed by atoms with van der Waals surface area (Å²) in [7, 11) is -3.34. The van der Waals surface area contributed by atoms with Gasteiger partial charge in [0.1, 0.15) is 0 Å². The maximum atomic E-state index is 12.7. The number of aryl methyl sites for hydroxylation is 1. The predicted molar refractivity (Wildman–Crippen MR) is 90.9 cm³/mol. The number of piperidine rings is 1. The molecule has 1 aromatic heterocycles. The first-order valence-electron chi connectivity index (χ1n) is 8.42. The first-order valence-corrected chi connectivity index (χ1v) is 10.0. The van der Waals surface area contributed by atoms with E-state index in [1.807, 2.05) is 30.3 Å². The second kappa shape index (κ2) is 7.44. The van der Waals surface area contributed by atoms with E-state index in [9.17, 15) is 8.42 Å². The van der Waals surface area contributed by atoms with Crippen LogP contribution in [0, 0.1) is 0 Å². The molecular formula is C17H23N3O3S. The van der Waals surface area contributed by atoms with Crippen molar-refractivity contribution in [3.05, 3.63) is 47.6 Å². The van der Waals surface area contributed by atoms with Crippen molar-refractivity contribution in [2.45, 2.75) is 44.3 Å². The van der Waals surface area contributed by atoms with Gasteiger partial charge in [-0.1, -0.05) is 42.4 Å². The molecule has 0 saturated carbocycles. The van der Waals surface area contributed by atoms with Gasteiger partial charge in [-0.05, 0) is 24.8 Å². The van der Waals surface area contributed by atoms with Crippen LogP contribution in [-0.4, -0.2) is 36.0 Å². The standard InChI is InChI=1S/C17H23N3O3S/c1-2-7-16-18-17(23-19-16)15-10-6-11-20(12-15)24(21,22)13-14-8-4-3-5-9-14/h3-5,8-9,15H,2,6-7,10-13H2,1H3/t15-/m0/s1. The Morgan fingerprint density at radius 2 is 2.08 bits per heavy atom. The van der Waals surface area contributed by atoms with Gasteiger partial charge in [0.25, 0.3) is 0 Å². The van der Waals surface area contributed by atoms with E-state index < -0.39 is 10.0 Å². The first kappa shape index (κ1) is 17.1. The average Bonchev–Trinajstić information content (AvgIpc) is 3.05. The minimum atomic E-state index is -3.34. The Hall–Kier alpha value is -1.73. The Bertz CT molecular complexity index is 758. The van der Waals surface area contributed by atoms with E-state index in [-0.39, 0.29) is 11.7 Å². The molecule has 0 unspecified atom stereocenters. The molecular weight excluding hydrogens is 326 g/mol. The maximum absolute atomic E-state index is 12.7. The highest BCUT2D eigenvalue weighted by atomic mass is 32.2. The SMILES string of the molecule is CCCc1noc([C@H]2CCCN(S(=O)(=O)Cc3ccccc3)C2)n1. The maximum Gasteiger partial charge on any atom is 0.231 e. The number of sulfonamides is 1. The van der Waals surface area contributed by atoms with Crippen molar-refractivity contribution in [1.29, 1.82) is 0 Å². The molecule has 2 aromatic rings. The van der Waals surface area contributed by atoms with Crippen molar-refractivity contribution >= 4 is 10.0 Å². The average molecular weight is 349 g/mol. The van der Waals surface area contributed by atoms with Gasteiger partial charge in [0, 0.05) is 19.5 Å². The van der Waals surface area contributed by atoms with Crippen LogP contribution in [0.5, 0.6) is 0 Å². The summed E-state index contributed by atoms with van der Waals surface area (Å²) in [5.41, 5.74) is 0.808. The normalized spacial score (nSPS) is 19.5. The van der Waals surface area contributed by atoms with Gasteiger partial charge < -0.3 is 4.52 Å². The summed E-state index contributed by atoms with van der Waals surface area (Å²) >= 11 is 0. The molecule has 0 amide bonds. The molecule has 0 N–H and O–H groups in total. The Morgan fingerprint density at radius 3 is 2.83 bits per heavy atom. The number of nitrogens with zero attached hydrogens (tertiary/aromatic N) is 3. The third-order valence-corrected chi connectivity index (χ3v) is 6.09. The molecule has 24 heavy (non-hydrogen) atoms. The van der Waals surface area contributed by atoms with E-state index in [2.05, 4.69) is 17.1 Å². The molecule has 0 radical (unpaired) electrons. The van der Waals surface area contributed by atoms with E-state index in [4.69, 9.17) is 4.52 Å². The topological polar surface area (TPSA) is 76.3 Å². The van der Waals surface area contributed by atoms with Crippen LogP contribution in [0.4, 0.5) is 0 Å². The smallest absolute Gasteiger partial charge is 0.231 e. The zero-order chi connectivity index (χ0) is 17.0. The highest BCUT2D eigenvalue weighted by molar-refractivity contribution is 7.88. The van der Waals surface area contributed by atoms with Crippen molar-refractivity contribution < 1.29 is 12.9 Å². The summed E-state index contributed by atoms with van der Waals surface area (Å²) in [6, 6.07) is 9.29. The van der Waals surface area contributed by atoms with E-state index in [1.54, 1.807) is 4.31 Å². The highest BCUT2D eigenvalue weighted by Crippen LogP contribution is 2.28. The second-order valence-electron chi connectivity index (χ2n) is 6.24. The molecule has 0 aliphatic carbocycles. The summed E-state index contributed by atoms with van der Waals surface area (Å²) in [4.78, 5) is 4.42. The highest BCUT2D eigenvalue weighted by Gasteiger charge is 2.32. The lowest BCUT2D eigenvalue weighted by Gasteiger charge is -2.30. The Balaban J connectivity index is 1.70. The number of benzene rings is 1. The number of hydrogen-bond acceptors (Lipinski definition) is 5. The molecule has 1 fully saturated rings. The molecule has 0 spiro atoms. The third-order valence-electron chi connectivity index (χ3n) is 4.28. The molecule has 6 nitrogen and oxygen atoms in total. The first-order chi connectivity index (χ1) is 11.6. The monoisotopic (exact) mass is 349 g/mol. The molecule has 1 aliphatic heterocycles. The summed E-state index contributed by atoms with van der Waals surface area (Å²) in [5.74, 6) is 1.29. The number of rotatable bonds is 6. The van der Waals surface area contributed by atoms with Crippen LogP contribution < -0.4 is 0 Å². The molecule has 1 aliphatic rings. The van der Waals surface area contributed by atoms with E-state index in [0.717, 1.165) is 31.2 Å². The molecule has 7 heteroatoms. The van der Waals surface area contributed by atoms with Crippen LogP contribution in [0.15, 0.2) is 34.9 Å². The molecule has 0 bridgehead atoms. The Morgan fingerprint density at radius 1 is 1.29 bits per heavy atom. The van der Waals surface area contributed by atoms with Crippen molar-refractivity contribution in [2.24, 2.45) is 0 Å². The number of aromatic nitrogens is 2. The lowest BCUT2D eigenvalue weighted by atomic mass is 10.00. The minimum Gasteiger partial charge on any atom is -0.339 e. The molecule has 2 heterocycles. The van der Waals surface area contributed by atoms with Crippen molar-refractivity contribution in [3.8, 4) is 0 Å². The van der Waals surface area contributed by atoms with Gasteiger partial charge in [-0.25, -0.2) is 12.7 Å². The van der Waals surface area contributed by atoms with E-state index >= 15 is 0 Å². The predicted octanol–water partition coefficient (Wildman–Crippen LogP) is 2.73. The van der Waals surface area contributed by atoms with Crippen LogP contribution in [0.1, 0.15) is 49.4 Å². The zero-order valence-electron chi connectivity index (χ0n) is 13.9. The summed E-state index contributed by atoms with van der Waals surface area (Å²) in [6.45, 7) is 3.04. The van der Waals surface area contributed by atoms with Gasteiger partial charge >= 0.3 is 0 Å². The van der Waals surface area contributed by atoms with Gasteiger partial charge in [-0.2, -0.15) is 4.98 Å². The molecule has 3 rings (SSSR count). The van der Waals surface area contributed by atoms with Crippen molar-refractivity contribution in [3.63, 3.8) is 0 Å². The minimum absolute atomic E-state index is 0.0117. The van der Waals surface area contributed by atoms with Gasteiger partial charge in [0.05, 0.1) is 11.7 Å². The fraction of sp³-hybridized carbons (Fsp3) is 0.529. The van der Waals surface area contributed by atoms with Gasteiger partial charge in [-0.3, -0.25) is 0 Å². The fourth-order valence-corrected chi connectivity index (χ4v) is 4.64. The van der Waals surface area contributed by atoms with Crippen LogP contribution >= 0.6 is 0 Å². The summed E-state index contributed by atoms with van der Waals surface area (Å²) in [5, 5.41) is 3.98. The van der Waals surface area contributed by atoms with Crippen LogP contribution in [0.25, 0.3) is 0 Å². The quantitative estimate of drug-likeness (QED) is 0.801. The summed E-state index contributed by atoms with van der Waals surface area (Å²) < 4.78 is 32.3. The van der Waals surface area contributed by atoms with Gasteiger partial charge in [-0.15, -0.1) is 0 Å². The molecule has 130 valence electrons. The Kier molecular flexibility index (Phi) is 5.30. The largest absolute Gasteiger partial charge is 0.339 e. The Labute approximate surface area is 142 Å². The molecule has 1 atom stereocenters. The molecule has 1 saturated heterocycles. The fourth-order valence-electron chi connectivity index (χ4n) is 3.03. The lowest BCUT2D eigenvalue weighted by molar-refractivity contribution is 0.265.